The molecule has 2 N–H and O–H groups in total. The van der Waals surface area contributed by atoms with E-state index >= 15 is 0 Å². The molecule has 1 unspecified atom stereocenters. The van der Waals surface area contributed by atoms with Crippen molar-refractivity contribution in [3.05, 3.63) is 28.2 Å². The quantitative estimate of drug-likeness (QED) is 0.891. The van der Waals surface area contributed by atoms with Crippen LogP contribution in [0.25, 0.3) is 0 Å². The number of benzene rings is 1. The van der Waals surface area contributed by atoms with Crippen LogP contribution >= 0.6 is 28.3 Å². The molecule has 1 aromatic carbocycles. The fourth-order valence-corrected chi connectivity index (χ4v) is 2.45. The topological polar surface area (TPSA) is 41.1 Å². The van der Waals surface area contributed by atoms with E-state index in [-0.39, 0.29) is 18.3 Å². The third kappa shape index (κ3) is 4.26. The van der Waals surface area contributed by atoms with Crippen molar-refractivity contribution in [2.75, 3.05) is 11.9 Å². The third-order valence-electron chi connectivity index (χ3n) is 3.07. The zero-order chi connectivity index (χ0) is 12.3. The van der Waals surface area contributed by atoms with E-state index in [4.69, 9.17) is 0 Å². The van der Waals surface area contributed by atoms with E-state index in [1.807, 2.05) is 25.1 Å². The number of halogens is 2. The van der Waals surface area contributed by atoms with Gasteiger partial charge in [-0.3, -0.25) is 4.79 Å². The lowest BCUT2D eigenvalue weighted by Gasteiger charge is -2.12. The van der Waals surface area contributed by atoms with Gasteiger partial charge in [-0.25, -0.2) is 0 Å². The Morgan fingerprint density at radius 1 is 1.56 bits per heavy atom. The maximum Gasteiger partial charge on any atom is 0.225 e. The Labute approximate surface area is 122 Å². The Kier molecular flexibility index (Phi) is 6.12. The Bertz CT molecular complexity index is 419. The number of rotatable bonds is 3. The van der Waals surface area contributed by atoms with Crippen molar-refractivity contribution in [3.63, 3.8) is 0 Å². The maximum atomic E-state index is 11.9. The van der Waals surface area contributed by atoms with Crippen LogP contribution in [0.1, 0.15) is 24.8 Å². The van der Waals surface area contributed by atoms with E-state index < -0.39 is 0 Å². The molecule has 3 nitrogen and oxygen atoms in total. The van der Waals surface area contributed by atoms with Gasteiger partial charge in [0.25, 0.3) is 0 Å². The van der Waals surface area contributed by atoms with Gasteiger partial charge in [0.2, 0.25) is 5.91 Å². The maximum absolute atomic E-state index is 11.9. The van der Waals surface area contributed by atoms with E-state index in [1.165, 1.54) is 6.42 Å². The summed E-state index contributed by atoms with van der Waals surface area (Å²) in [4.78, 5) is 11.9. The minimum atomic E-state index is 0. The smallest absolute Gasteiger partial charge is 0.225 e. The van der Waals surface area contributed by atoms with Gasteiger partial charge >= 0.3 is 0 Å². The first kappa shape index (κ1) is 15.5. The van der Waals surface area contributed by atoms with E-state index in [0.717, 1.165) is 28.7 Å². The molecule has 1 atom stereocenters. The number of hydrogen-bond acceptors (Lipinski definition) is 2. The van der Waals surface area contributed by atoms with Crippen LogP contribution < -0.4 is 10.6 Å². The molecule has 0 radical (unpaired) electrons. The van der Waals surface area contributed by atoms with Crippen LogP contribution in [0.5, 0.6) is 0 Å². The van der Waals surface area contributed by atoms with Crippen LogP contribution in [0.4, 0.5) is 5.69 Å². The Morgan fingerprint density at radius 3 is 3.00 bits per heavy atom. The zero-order valence-electron chi connectivity index (χ0n) is 10.3. The molecule has 0 saturated carbocycles. The number of anilines is 1. The fourth-order valence-electron chi connectivity index (χ4n) is 2.08. The van der Waals surface area contributed by atoms with E-state index in [2.05, 4.69) is 26.6 Å². The molecule has 5 heteroatoms. The number of amides is 1. The highest BCUT2D eigenvalue weighted by Gasteiger charge is 2.17. The number of hydrogen-bond donors (Lipinski definition) is 2. The van der Waals surface area contributed by atoms with Crippen LogP contribution in [0.15, 0.2) is 22.7 Å². The normalized spacial score (nSPS) is 18.2. The highest BCUT2D eigenvalue weighted by atomic mass is 79.9. The molecule has 100 valence electrons. The second kappa shape index (κ2) is 7.12. The van der Waals surface area contributed by atoms with Gasteiger partial charge in [-0.05, 0) is 44.0 Å². The monoisotopic (exact) mass is 332 g/mol. The number of carbonyl (C=O) groups is 1. The molecular weight excluding hydrogens is 316 g/mol. The summed E-state index contributed by atoms with van der Waals surface area (Å²) in [6.07, 6.45) is 2.84. The van der Waals surface area contributed by atoms with Gasteiger partial charge in [-0.2, -0.15) is 0 Å². The fraction of sp³-hybridized carbons (Fsp3) is 0.462. The summed E-state index contributed by atoms with van der Waals surface area (Å²) in [5, 5.41) is 6.30. The summed E-state index contributed by atoms with van der Waals surface area (Å²) in [7, 11) is 0. The van der Waals surface area contributed by atoms with E-state index in [9.17, 15) is 4.79 Å². The van der Waals surface area contributed by atoms with Crippen LogP contribution in [0.2, 0.25) is 0 Å². The first-order valence-electron chi connectivity index (χ1n) is 5.94. The molecule has 1 saturated heterocycles. The average Bonchev–Trinajstić information content (AvgIpc) is 2.76. The van der Waals surface area contributed by atoms with Gasteiger partial charge in [0.05, 0.1) is 0 Å². The minimum Gasteiger partial charge on any atom is -0.326 e. The largest absolute Gasteiger partial charge is 0.326 e. The molecule has 0 aliphatic carbocycles. The lowest BCUT2D eigenvalue weighted by atomic mass is 10.1. The van der Waals surface area contributed by atoms with Crippen LogP contribution in [0, 0.1) is 6.92 Å². The summed E-state index contributed by atoms with van der Waals surface area (Å²) in [5.74, 6) is 0.0885. The molecular formula is C13H18BrClN2O. The Balaban J connectivity index is 0.00000162. The molecule has 1 aliphatic rings. The lowest BCUT2D eigenvalue weighted by Crippen LogP contribution is -2.27. The lowest BCUT2D eigenvalue weighted by molar-refractivity contribution is -0.116. The predicted octanol–water partition coefficient (Wildman–Crippen LogP) is 3.26. The van der Waals surface area contributed by atoms with Crippen molar-refractivity contribution >= 4 is 39.9 Å². The van der Waals surface area contributed by atoms with Gasteiger partial charge in [0, 0.05) is 22.6 Å². The predicted molar refractivity (Wildman–Crippen MR) is 80.4 cm³/mol. The molecule has 1 amide bonds. The first-order chi connectivity index (χ1) is 8.15. The SMILES string of the molecule is Cc1ccc(Br)cc1NC(=O)CC1CCCN1.Cl. The molecule has 1 fully saturated rings. The summed E-state index contributed by atoms with van der Waals surface area (Å²) >= 11 is 3.41. The van der Waals surface area contributed by atoms with Crippen LogP contribution in [0.3, 0.4) is 0 Å². The van der Waals surface area contributed by atoms with Crippen LogP contribution in [-0.4, -0.2) is 18.5 Å². The second-order valence-electron chi connectivity index (χ2n) is 4.50. The molecule has 0 spiro atoms. The van der Waals surface area contributed by atoms with E-state index in [0.29, 0.717) is 12.5 Å². The van der Waals surface area contributed by atoms with Gasteiger partial charge in [-0.15, -0.1) is 12.4 Å². The molecule has 2 rings (SSSR count). The summed E-state index contributed by atoms with van der Waals surface area (Å²) in [6, 6.07) is 6.26. The van der Waals surface area contributed by atoms with Crippen LogP contribution in [-0.2, 0) is 4.79 Å². The highest BCUT2D eigenvalue weighted by Crippen LogP contribution is 2.21. The third-order valence-corrected chi connectivity index (χ3v) is 3.56. The van der Waals surface area contributed by atoms with Gasteiger partial charge in [0.15, 0.2) is 0 Å². The van der Waals surface area contributed by atoms with Crippen molar-refractivity contribution in [3.8, 4) is 0 Å². The molecule has 1 aliphatic heterocycles. The van der Waals surface area contributed by atoms with E-state index in [1.54, 1.807) is 0 Å². The Morgan fingerprint density at radius 2 is 2.33 bits per heavy atom. The number of carbonyl (C=O) groups excluding carboxylic acids is 1. The van der Waals surface area contributed by atoms with Crippen molar-refractivity contribution in [1.82, 2.24) is 5.32 Å². The van der Waals surface area contributed by atoms with Crippen molar-refractivity contribution in [2.24, 2.45) is 0 Å². The van der Waals surface area contributed by atoms with Crippen molar-refractivity contribution in [2.45, 2.75) is 32.2 Å². The molecule has 0 aromatic heterocycles. The number of aryl methyl sites for hydroxylation is 1. The molecule has 18 heavy (non-hydrogen) atoms. The van der Waals surface area contributed by atoms with Crippen molar-refractivity contribution in [1.29, 1.82) is 0 Å². The zero-order valence-corrected chi connectivity index (χ0v) is 12.7. The summed E-state index contributed by atoms with van der Waals surface area (Å²) in [6.45, 7) is 3.03. The minimum absolute atomic E-state index is 0. The standard InChI is InChI=1S/C13H17BrN2O.ClH/c1-9-4-5-10(14)7-12(9)16-13(17)8-11-3-2-6-15-11;/h4-5,7,11,15H,2-3,6,8H2,1H3,(H,16,17);1H. The highest BCUT2D eigenvalue weighted by molar-refractivity contribution is 9.10. The first-order valence-corrected chi connectivity index (χ1v) is 6.74. The summed E-state index contributed by atoms with van der Waals surface area (Å²) in [5.41, 5.74) is 1.98. The van der Waals surface area contributed by atoms with Gasteiger partial charge < -0.3 is 10.6 Å². The Hall–Kier alpha value is -0.580. The van der Waals surface area contributed by atoms with Crippen molar-refractivity contribution < 1.29 is 4.79 Å². The summed E-state index contributed by atoms with van der Waals surface area (Å²) < 4.78 is 0.984. The second-order valence-corrected chi connectivity index (χ2v) is 5.42. The molecule has 1 heterocycles. The van der Waals surface area contributed by atoms with Gasteiger partial charge in [0.1, 0.15) is 0 Å². The molecule has 0 bridgehead atoms. The molecule has 1 aromatic rings. The van der Waals surface area contributed by atoms with Gasteiger partial charge in [-0.1, -0.05) is 22.0 Å². The number of nitrogens with one attached hydrogen (secondary N) is 2. The average molecular weight is 334 g/mol.